The number of aromatic nitrogens is 3. The minimum atomic E-state index is -0.762. The normalized spacial score (nSPS) is 11.0. The number of fused-ring (bicyclic) bond motifs is 1. The Bertz CT molecular complexity index is 1310. The third kappa shape index (κ3) is 3.25. The summed E-state index contributed by atoms with van der Waals surface area (Å²) in [6, 6.07) is 11.0. The van der Waals surface area contributed by atoms with E-state index in [4.69, 9.17) is 0 Å². The van der Waals surface area contributed by atoms with Gasteiger partial charge in [-0.2, -0.15) is 5.10 Å². The molecule has 2 aromatic carbocycles. The first-order valence-electron chi connectivity index (χ1n) is 8.82. The van der Waals surface area contributed by atoms with Gasteiger partial charge in [-0.25, -0.2) is 9.07 Å². The molecular formula is C21H17FN4O3. The Morgan fingerprint density at radius 1 is 1.17 bits per heavy atom. The average molecular weight is 392 g/mol. The summed E-state index contributed by atoms with van der Waals surface area (Å²) in [5, 5.41) is 17.6. The van der Waals surface area contributed by atoms with Gasteiger partial charge in [0, 0.05) is 5.69 Å². The Kier molecular flexibility index (Phi) is 4.38. The number of hydrogen-bond donors (Lipinski definition) is 3. The summed E-state index contributed by atoms with van der Waals surface area (Å²) in [7, 11) is 0. The summed E-state index contributed by atoms with van der Waals surface area (Å²) in [5.41, 5.74) is 1.84. The van der Waals surface area contributed by atoms with Crippen LogP contribution in [0.3, 0.4) is 0 Å². The van der Waals surface area contributed by atoms with Gasteiger partial charge in [0.2, 0.25) is 0 Å². The van der Waals surface area contributed by atoms with Crippen LogP contribution in [0.15, 0.2) is 53.5 Å². The molecule has 8 heteroatoms. The van der Waals surface area contributed by atoms with E-state index in [2.05, 4.69) is 15.4 Å². The molecule has 0 unspecified atom stereocenters. The second-order valence-electron chi connectivity index (χ2n) is 6.75. The number of benzene rings is 2. The van der Waals surface area contributed by atoms with Crippen LogP contribution in [0.4, 0.5) is 10.1 Å². The van der Waals surface area contributed by atoms with Gasteiger partial charge < -0.3 is 15.4 Å². The number of aromatic amines is 1. The van der Waals surface area contributed by atoms with E-state index >= 15 is 0 Å². The number of nitrogens with zero attached hydrogens (tertiary/aromatic N) is 2. The number of H-pyrrole nitrogens is 1. The van der Waals surface area contributed by atoms with Crippen LogP contribution in [-0.4, -0.2) is 25.8 Å². The van der Waals surface area contributed by atoms with Gasteiger partial charge in [-0.1, -0.05) is 12.1 Å². The average Bonchev–Trinajstić information content (AvgIpc) is 3.09. The van der Waals surface area contributed by atoms with Crippen LogP contribution in [0, 0.1) is 19.7 Å². The van der Waals surface area contributed by atoms with Crippen molar-refractivity contribution in [3.63, 3.8) is 0 Å². The lowest BCUT2D eigenvalue weighted by Crippen LogP contribution is -2.24. The summed E-state index contributed by atoms with van der Waals surface area (Å²) < 4.78 is 14.5. The fraction of sp³-hybridized carbons (Fsp3) is 0.0952. The van der Waals surface area contributed by atoms with Crippen molar-refractivity contribution in [2.75, 3.05) is 5.32 Å². The summed E-state index contributed by atoms with van der Waals surface area (Å²) in [6.45, 7) is 3.71. The van der Waals surface area contributed by atoms with Gasteiger partial charge in [-0.15, -0.1) is 0 Å². The Morgan fingerprint density at radius 3 is 2.62 bits per heavy atom. The van der Waals surface area contributed by atoms with Crippen molar-refractivity contribution in [1.82, 2.24) is 14.8 Å². The molecule has 0 saturated carbocycles. The molecule has 0 aliphatic carbocycles. The monoisotopic (exact) mass is 392 g/mol. The molecule has 2 aromatic heterocycles. The summed E-state index contributed by atoms with van der Waals surface area (Å²) in [6.07, 6.45) is 1.33. The topological polar surface area (TPSA) is 100 Å². The number of hydrogen-bond acceptors (Lipinski definition) is 4. The molecule has 0 aliphatic heterocycles. The molecule has 0 atom stereocenters. The van der Waals surface area contributed by atoms with Crippen LogP contribution < -0.4 is 10.9 Å². The van der Waals surface area contributed by atoms with Crippen molar-refractivity contribution >= 4 is 22.6 Å². The summed E-state index contributed by atoms with van der Waals surface area (Å²) >= 11 is 0. The van der Waals surface area contributed by atoms with Gasteiger partial charge in [-0.3, -0.25) is 9.59 Å². The highest BCUT2D eigenvalue weighted by atomic mass is 19.1. The summed E-state index contributed by atoms with van der Waals surface area (Å²) in [5.74, 6) is -1.61. The number of aromatic hydroxyl groups is 1. The number of carbonyl (C=O) groups excluding carboxylic acids is 1. The van der Waals surface area contributed by atoms with Gasteiger partial charge in [0.1, 0.15) is 22.8 Å². The zero-order valence-electron chi connectivity index (χ0n) is 15.7. The van der Waals surface area contributed by atoms with Crippen LogP contribution in [0.25, 0.3) is 16.7 Å². The molecule has 1 amide bonds. The molecule has 4 rings (SSSR count). The van der Waals surface area contributed by atoms with Crippen LogP contribution in [0.5, 0.6) is 5.75 Å². The Balaban J connectivity index is 1.78. The van der Waals surface area contributed by atoms with Crippen molar-refractivity contribution in [3.8, 4) is 11.4 Å². The Labute approximate surface area is 164 Å². The molecule has 4 aromatic rings. The highest BCUT2D eigenvalue weighted by molar-refractivity contribution is 6.09. The number of amides is 1. The SMILES string of the molecule is Cc1ccc(C)c(NC(=O)c2c(O)c3cnn(-c4ccc(F)cc4)c3[nH]c2=O)c1. The molecule has 29 heavy (non-hydrogen) atoms. The molecule has 0 radical (unpaired) electrons. The molecule has 146 valence electrons. The molecule has 3 N–H and O–H groups in total. The molecule has 0 aliphatic rings. The number of pyridine rings is 1. The van der Waals surface area contributed by atoms with Crippen molar-refractivity contribution in [1.29, 1.82) is 0 Å². The molecule has 0 bridgehead atoms. The van der Waals surface area contributed by atoms with Crippen molar-refractivity contribution < 1.29 is 14.3 Å². The lowest BCUT2D eigenvalue weighted by molar-refractivity contribution is 0.102. The van der Waals surface area contributed by atoms with Gasteiger partial charge in [0.05, 0.1) is 17.3 Å². The number of halogens is 1. The number of nitrogens with one attached hydrogen (secondary N) is 2. The second kappa shape index (κ2) is 6.90. The number of aryl methyl sites for hydroxylation is 2. The van der Waals surface area contributed by atoms with Crippen LogP contribution in [0.1, 0.15) is 21.5 Å². The molecule has 7 nitrogen and oxygen atoms in total. The molecule has 0 spiro atoms. The van der Waals surface area contributed by atoms with E-state index in [9.17, 15) is 19.1 Å². The van der Waals surface area contributed by atoms with E-state index in [1.807, 2.05) is 26.0 Å². The van der Waals surface area contributed by atoms with Crippen molar-refractivity contribution in [2.45, 2.75) is 13.8 Å². The molecule has 2 heterocycles. The molecule has 0 fully saturated rings. The zero-order valence-corrected chi connectivity index (χ0v) is 15.7. The predicted molar refractivity (Wildman–Crippen MR) is 107 cm³/mol. The van der Waals surface area contributed by atoms with E-state index in [0.29, 0.717) is 11.4 Å². The lowest BCUT2D eigenvalue weighted by Gasteiger charge is -2.10. The summed E-state index contributed by atoms with van der Waals surface area (Å²) in [4.78, 5) is 27.9. The van der Waals surface area contributed by atoms with Gasteiger partial charge in [-0.05, 0) is 55.3 Å². The van der Waals surface area contributed by atoms with Crippen LogP contribution >= 0.6 is 0 Å². The quantitative estimate of drug-likeness (QED) is 0.497. The highest BCUT2D eigenvalue weighted by Gasteiger charge is 2.22. The fourth-order valence-electron chi connectivity index (χ4n) is 3.10. The van der Waals surface area contributed by atoms with E-state index in [-0.39, 0.29) is 11.0 Å². The lowest BCUT2D eigenvalue weighted by atomic mass is 10.1. The Morgan fingerprint density at radius 2 is 1.90 bits per heavy atom. The minimum Gasteiger partial charge on any atom is -0.506 e. The van der Waals surface area contributed by atoms with Crippen molar-refractivity contribution in [2.24, 2.45) is 0 Å². The minimum absolute atomic E-state index is 0.194. The van der Waals surface area contributed by atoms with Gasteiger partial charge >= 0.3 is 0 Å². The third-order valence-electron chi connectivity index (χ3n) is 4.66. The zero-order chi connectivity index (χ0) is 20.7. The maximum Gasteiger partial charge on any atom is 0.266 e. The first-order chi connectivity index (χ1) is 13.8. The molecule has 0 saturated heterocycles. The largest absolute Gasteiger partial charge is 0.506 e. The van der Waals surface area contributed by atoms with E-state index in [1.54, 1.807) is 6.07 Å². The second-order valence-corrected chi connectivity index (χ2v) is 6.75. The third-order valence-corrected chi connectivity index (χ3v) is 4.66. The van der Waals surface area contributed by atoms with Crippen LogP contribution in [-0.2, 0) is 0 Å². The van der Waals surface area contributed by atoms with Crippen molar-refractivity contribution in [3.05, 3.63) is 81.5 Å². The maximum absolute atomic E-state index is 13.2. The highest BCUT2D eigenvalue weighted by Crippen LogP contribution is 2.27. The van der Waals surface area contributed by atoms with E-state index in [1.165, 1.54) is 35.1 Å². The Hall–Kier alpha value is -3.94. The van der Waals surface area contributed by atoms with Crippen LogP contribution in [0.2, 0.25) is 0 Å². The maximum atomic E-state index is 13.2. The van der Waals surface area contributed by atoms with E-state index in [0.717, 1.165) is 11.1 Å². The van der Waals surface area contributed by atoms with Gasteiger partial charge in [0.25, 0.3) is 11.5 Å². The van der Waals surface area contributed by atoms with Gasteiger partial charge in [0.15, 0.2) is 0 Å². The number of carbonyl (C=O) groups is 1. The first-order valence-corrected chi connectivity index (χ1v) is 8.82. The van der Waals surface area contributed by atoms with E-state index < -0.39 is 28.6 Å². The molecular weight excluding hydrogens is 375 g/mol. The standard InChI is InChI=1S/C21H17FN4O3/c1-11-3-4-12(2)16(9-11)24-20(28)17-18(27)15-10-23-26(19(15)25-21(17)29)14-7-5-13(22)6-8-14/h3-10H,1-2H3,(H,24,28)(H2,25,27,29). The predicted octanol–water partition coefficient (Wildman–Crippen LogP) is 3.43. The number of rotatable bonds is 3. The fourth-order valence-corrected chi connectivity index (χ4v) is 3.10. The number of anilines is 1. The first kappa shape index (κ1) is 18.4. The smallest absolute Gasteiger partial charge is 0.266 e.